The lowest BCUT2D eigenvalue weighted by Crippen LogP contribution is -2.40. The SMILES string of the molecule is COC(=O)C1=c2sc(=Cc3ccccc3Br)c(=O)n2C(N)=C(C#N)[C@H]1c1ccccc1Br. The van der Waals surface area contributed by atoms with Gasteiger partial charge >= 0.3 is 5.97 Å². The molecular formula is C23H15Br2N3O3S. The Labute approximate surface area is 203 Å². The summed E-state index contributed by atoms with van der Waals surface area (Å²) in [7, 11) is 1.27. The summed E-state index contributed by atoms with van der Waals surface area (Å²) in [5.41, 5.74) is 7.72. The third-order valence-electron chi connectivity index (χ3n) is 5.08. The van der Waals surface area contributed by atoms with Crippen molar-refractivity contribution in [2.24, 2.45) is 5.73 Å². The van der Waals surface area contributed by atoms with Crippen LogP contribution in [0.15, 0.2) is 67.8 Å². The van der Waals surface area contributed by atoms with Gasteiger partial charge in [0.05, 0.1) is 34.8 Å². The predicted molar refractivity (Wildman–Crippen MR) is 131 cm³/mol. The molecule has 1 aliphatic rings. The van der Waals surface area contributed by atoms with Crippen LogP contribution < -0.4 is 20.5 Å². The molecule has 32 heavy (non-hydrogen) atoms. The number of hydrogen-bond donors (Lipinski definition) is 1. The molecular weight excluding hydrogens is 558 g/mol. The fourth-order valence-electron chi connectivity index (χ4n) is 3.61. The van der Waals surface area contributed by atoms with E-state index in [1.54, 1.807) is 12.1 Å². The van der Waals surface area contributed by atoms with Gasteiger partial charge in [-0.1, -0.05) is 68.3 Å². The van der Waals surface area contributed by atoms with E-state index in [0.29, 0.717) is 19.2 Å². The zero-order valence-corrected chi connectivity index (χ0v) is 20.6. The van der Waals surface area contributed by atoms with Crippen LogP contribution in [0.2, 0.25) is 0 Å². The van der Waals surface area contributed by atoms with Gasteiger partial charge in [0.2, 0.25) is 0 Å². The van der Waals surface area contributed by atoms with Gasteiger partial charge in [-0.3, -0.25) is 9.36 Å². The Morgan fingerprint density at radius 2 is 1.84 bits per heavy atom. The topological polar surface area (TPSA) is 98.1 Å². The molecule has 0 unspecified atom stereocenters. The van der Waals surface area contributed by atoms with Crippen LogP contribution in [0.1, 0.15) is 17.0 Å². The molecule has 1 atom stereocenters. The number of ether oxygens (including phenoxy) is 1. The Bertz CT molecular complexity index is 1510. The van der Waals surface area contributed by atoms with E-state index >= 15 is 0 Å². The predicted octanol–water partition coefficient (Wildman–Crippen LogP) is 3.04. The van der Waals surface area contributed by atoms with E-state index in [1.165, 1.54) is 11.7 Å². The largest absolute Gasteiger partial charge is 0.466 e. The number of esters is 1. The summed E-state index contributed by atoms with van der Waals surface area (Å²) in [6, 6.07) is 16.8. The van der Waals surface area contributed by atoms with E-state index in [2.05, 4.69) is 37.9 Å². The van der Waals surface area contributed by atoms with Crippen molar-refractivity contribution in [3.05, 3.63) is 93.7 Å². The zero-order valence-electron chi connectivity index (χ0n) is 16.6. The maximum absolute atomic E-state index is 13.3. The smallest absolute Gasteiger partial charge is 0.337 e. The molecule has 9 heteroatoms. The van der Waals surface area contributed by atoms with Crippen molar-refractivity contribution in [3.63, 3.8) is 0 Å². The lowest BCUT2D eigenvalue weighted by molar-refractivity contribution is -0.134. The zero-order chi connectivity index (χ0) is 23.0. The highest BCUT2D eigenvalue weighted by molar-refractivity contribution is 9.10. The van der Waals surface area contributed by atoms with Gasteiger partial charge in [0, 0.05) is 8.95 Å². The van der Waals surface area contributed by atoms with Gasteiger partial charge in [0.1, 0.15) is 10.5 Å². The van der Waals surface area contributed by atoms with E-state index in [4.69, 9.17) is 10.5 Å². The molecule has 0 saturated carbocycles. The van der Waals surface area contributed by atoms with Crippen LogP contribution in [0, 0.1) is 11.3 Å². The number of carbonyl (C=O) groups excluding carboxylic acids is 1. The standard InChI is InChI=1S/C23H15Br2N3O3S/c1-31-23(30)19-18(13-7-3-5-9-16(13)25)14(11-26)20(27)28-21(29)17(32-22(19)28)10-12-6-2-4-8-15(12)24/h2-10,18H,27H2,1H3/t18-/m1/s1. The third-order valence-corrected chi connectivity index (χ3v) is 7.63. The van der Waals surface area contributed by atoms with Crippen molar-refractivity contribution < 1.29 is 9.53 Å². The summed E-state index contributed by atoms with van der Waals surface area (Å²) < 4.78 is 8.54. The molecule has 0 amide bonds. The van der Waals surface area contributed by atoms with Crippen LogP contribution >= 0.6 is 43.2 Å². The minimum atomic E-state index is -0.780. The van der Waals surface area contributed by atoms with Crippen molar-refractivity contribution in [2.75, 3.05) is 7.11 Å². The summed E-state index contributed by atoms with van der Waals surface area (Å²) >= 11 is 8.12. The van der Waals surface area contributed by atoms with Gasteiger partial charge < -0.3 is 10.5 Å². The van der Waals surface area contributed by atoms with E-state index in [9.17, 15) is 14.9 Å². The van der Waals surface area contributed by atoms with Gasteiger partial charge in [-0.25, -0.2) is 4.79 Å². The molecule has 3 aromatic rings. The van der Waals surface area contributed by atoms with Crippen molar-refractivity contribution >= 4 is 66.6 Å². The fraction of sp³-hybridized carbons (Fsp3) is 0.0870. The first-order valence-corrected chi connectivity index (χ1v) is 11.7. The molecule has 0 saturated heterocycles. The van der Waals surface area contributed by atoms with Gasteiger partial charge in [-0.15, -0.1) is 11.3 Å². The minimum absolute atomic E-state index is 0.00364. The van der Waals surface area contributed by atoms with E-state index in [-0.39, 0.29) is 17.0 Å². The van der Waals surface area contributed by atoms with Crippen molar-refractivity contribution in [2.45, 2.75) is 5.92 Å². The van der Waals surface area contributed by atoms with Crippen molar-refractivity contribution in [3.8, 4) is 6.07 Å². The Morgan fingerprint density at radius 1 is 1.19 bits per heavy atom. The summed E-state index contributed by atoms with van der Waals surface area (Å²) in [6.45, 7) is 0. The van der Waals surface area contributed by atoms with Crippen LogP contribution in [0.3, 0.4) is 0 Å². The molecule has 2 heterocycles. The molecule has 0 fully saturated rings. The Morgan fingerprint density at radius 3 is 2.47 bits per heavy atom. The number of methoxy groups -OCH3 is 1. The van der Waals surface area contributed by atoms with Gasteiger partial charge in [-0.05, 0) is 29.3 Å². The fourth-order valence-corrected chi connectivity index (χ4v) is 5.68. The molecule has 2 N–H and O–H groups in total. The highest BCUT2D eigenvalue weighted by Crippen LogP contribution is 2.39. The normalized spacial score (nSPS) is 16.0. The second-order valence-electron chi connectivity index (χ2n) is 6.85. The molecule has 1 aromatic heterocycles. The Balaban J connectivity index is 2.15. The second kappa shape index (κ2) is 8.90. The quantitative estimate of drug-likeness (QED) is 0.486. The number of allylic oxidation sites excluding steroid dienone is 1. The molecule has 1 aliphatic heterocycles. The lowest BCUT2D eigenvalue weighted by Gasteiger charge is -2.25. The number of rotatable bonds is 3. The Hall–Kier alpha value is -2.93. The first kappa shape index (κ1) is 22.3. The van der Waals surface area contributed by atoms with Gasteiger partial charge in [-0.2, -0.15) is 5.26 Å². The van der Waals surface area contributed by atoms with Crippen LogP contribution in [0.25, 0.3) is 17.5 Å². The lowest BCUT2D eigenvalue weighted by atomic mass is 9.84. The minimum Gasteiger partial charge on any atom is -0.466 e. The number of nitrogens with zero attached hydrogens (tertiary/aromatic N) is 2. The monoisotopic (exact) mass is 571 g/mol. The number of hydrogen-bond acceptors (Lipinski definition) is 6. The second-order valence-corrected chi connectivity index (χ2v) is 9.59. The Kier molecular flexibility index (Phi) is 6.20. The number of nitriles is 1. The van der Waals surface area contributed by atoms with Crippen molar-refractivity contribution in [1.82, 2.24) is 4.57 Å². The first-order valence-electron chi connectivity index (χ1n) is 9.34. The first-order chi connectivity index (χ1) is 15.4. The van der Waals surface area contributed by atoms with Crippen LogP contribution in [-0.4, -0.2) is 17.6 Å². The molecule has 160 valence electrons. The number of halogens is 2. The molecule has 0 spiro atoms. The maximum Gasteiger partial charge on any atom is 0.337 e. The molecule has 0 bridgehead atoms. The number of aromatic nitrogens is 1. The summed E-state index contributed by atoms with van der Waals surface area (Å²) in [6.07, 6.45) is 1.73. The van der Waals surface area contributed by atoms with Crippen molar-refractivity contribution in [1.29, 1.82) is 5.26 Å². The van der Waals surface area contributed by atoms with E-state index < -0.39 is 17.4 Å². The number of nitrogens with two attached hydrogens (primary N) is 1. The third kappa shape index (κ3) is 3.64. The number of carbonyl (C=O) groups is 1. The average Bonchev–Trinajstić information content (AvgIpc) is 3.11. The van der Waals surface area contributed by atoms with Gasteiger partial charge in [0.15, 0.2) is 0 Å². The van der Waals surface area contributed by atoms with E-state index in [1.807, 2.05) is 42.5 Å². The van der Waals surface area contributed by atoms with Gasteiger partial charge in [0.25, 0.3) is 5.56 Å². The van der Waals surface area contributed by atoms with E-state index in [0.717, 1.165) is 21.4 Å². The maximum atomic E-state index is 13.3. The van der Waals surface area contributed by atoms with Crippen LogP contribution in [-0.2, 0) is 9.53 Å². The number of benzene rings is 2. The van der Waals surface area contributed by atoms with Crippen LogP contribution in [0.5, 0.6) is 0 Å². The number of thiazole rings is 1. The molecule has 6 nitrogen and oxygen atoms in total. The summed E-state index contributed by atoms with van der Waals surface area (Å²) in [5, 5.41) is 9.96. The molecule has 0 aliphatic carbocycles. The average molecular weight is 573 g/mol. The molecule has 2 aromatic carbocycles. The molecule has 4 rings (SSSR count). The summed E-state index contributed by atoms with van der Waals surface area (Å²) in [4.78, 5) is 26.2. The molecule has 0 radical (unpaired) electrons. The number of fused-ring (bicyclic) bond motifs is 1. The highest BCUT2D eigenvalue weighted by atomic mass is 79.9. The van der Waals surface area contributed by atoms with Crippen LogP contribution in [0.4, 0.5) is 0 Å². The highest BCUT2D eigenvalue weighted by Gasteiger charge is 2.36. The summed E-state index contributed by atoms with van der Waals surface area (Å²) in [5.74, 6) is -1.41.